The van der Waals surface area contributed by atoms with E-state index in [1.165, 1.54) is 0 Å². The van der Waals surface area contributed by atoms with Gasteiger partial charge in [0.2, 0.25) is 0 Å². The van der Waals surface area contributed by atoms with Gasteiger partial charge in [-0.1, -0.05) is 11.6 Å². The molecule has 0 saturated carbocycles. The van der Waals surface area contributed by atoms with E-state index in [1.54, 1.807) is 29.2 Å². The molecule has 0 radical (unpaired) electrons. The molecule has 1 aromatic carbocycles. The third kappa shape index (κ3) is 6.75. The molecule has 1 aliphatic heterocycles. The van der Waals surface area contributed by atoms with Crippen molar-refractivity contribution in [2.75, 3.05) is 19.7 Å². The third-order valence-corrected chi connectivity index (χ3v) is 4.26. The normalized spacial score (nSPS) is 17.5. The van der Waals surface area contributed by atoms with Crippen LogP contribution in [-0.2, 0) is 9.53 Å². The standard InChI is InChI=1S/C19H27ClN2O4/c1-19(2,3)26-18(24)21-12-15-6-4-5-11-22(15)17(23)13-25-16-9-7-14(20)8-10-16/h7-10,15H,4-6,11-13H2,1-3H3,(H,21,24). The summed E-state index contributed by atoms with van der Waals surface area (Å²) in [5.74, 6) is 0.513. The molecular weight excluding hydrogens is 356 g/mol. The molecule has 1 saturated heterocycles. The van der Waals surface area contributed by atoms with E-state index in [1.807, 2.05) is 20.8 Å². The van der Waals surface area contributed by atoms with Crippen LogP contribution in [0.5, 0.6) is 5.75 Å². The highest BCUT2D eigenvalue weighted by atomic mass is 35.5. The maximum atomic E-state index is 12.6. The van der Waals surface area contributed by atoms with Crippen LogP contribution in [0, 0.1) is 0 Å². The van der Waals surface area contributed by atoms with E-state index < -0.39 is 11.7 Å². The maximum absolute atomic E-state index is 12.6. The van der Waals surface area contributed by atoms with Gasteiger partial charge >= 0.3 is 6.09 Å². The van der Waals surface area contributed by atoms with Crippen molar-refractivity contribution in [3.8, 4) is 5.75 Å². The Balaban J connectivity index is 1.85. The Hall–Kier alpha value is -1.95. The van der Waals surface area contributed by atoms with E-state index in [9.17, 15) is 9.59 Å². The van der Waals surface area contributed by atoms with Crippen molar-refractivity contribution in [2.24, 2.45) is 0 Å². The molecule has 0 aliphatic carbocycles. The lowest BCUT2D eigenvalue weighted by atomic mass is 10.0. The number of ether oxygens (including phenoxy) is 2. The van der Waals surface area contributed by atoms with Crippen molar-refractivity contribution in [1.82, 2.24) is 10.2 Å². The maximum Gasteiger partial charge on any atom is 0.407 e. The number of nitrogens with zero attached hydrogens (tertiary/aromatic N) is 1. The Morgan fingerprint density at radius 3 is 2.58 bits per heavy atom. The number of rotatable bonds is 5. The number of likely N-dealkylation sites (tertiary alicyclic amines) is 1. The molecule has 2 rings (SSSR count). The zero-order valence-corrected chi connectivity index (χ0v) is 16.3. The Morgan fingerprint density at radius 2 is 1.92 bits per heavy atom. The van der Waals surface area contributed by atoms with Gasteiger partial charge in [-0.3, -0.25) is 4.79 Å². The largest absolute Gasteiger partial charge is 0.484 e. The Morgan fingerprint density at radius 1 is 1.23 bits per heavy atom. The molecule has 144 valence electrons. The van der Waals surface area contributed by atoms with Crippen molar-refractivity contribution in [1.29, 1.82) is 0 Å². The average molecular weight is 383 g/mol. The second-order valence-corrected chi connectivity index (χ2v) is 7.80. The lowest BCUT2D eigenvalue weighted by Gasteiger charge is -2.36. The molecular formula is C19H27ClN2O4. The van der Waals surface area contributed by atoms with Crippen molar-refractivity contribution < 1.29 is 19.1 Å². The Labute approximate surface area is 159 Å². The van der Waals surface area contributed by atoms with Crippen LogP contribution in [0.1, 0.15) is 40.0 Å². The number of hydrogen-bond acceptors (Lipinski definition) is 4. The molecule has 7 heteroatoms. The molecule has 0 bridgehead atoms. The summed E-state index contributed by atoms with van der Waals surface area (Å²) in [5.41, 5.74) is -0.543. The van der Waals surface area contributed by atoms with Crippen LogP contribution in [0.3, 0.4) is 0 Å². The first kappa shape index (κ1) is 20.4. The zero-order chi connectivity index (χ0) is 19.2. The highest BCUT2D eigenvalue weighted by molar-refractivity contribution is 6.30. The minimum absolute atomic E-state index is 0.0371. The van der Waals surface area contributed by atoms with Crippen molar-refractivity contribution in [2.45, 2.75) is 51.7 Å². The number of benzene rings is 1. The average Bonchev–Trinajstić information content (AvgIpc) is 2.58. The van der Waals surface area contributed by atoms with Crippen molar-refractivity contribution in [3.05, 3.63) is 29.3 Å². The minimum atomic E-state index is -0.543. The number of alkyl carbamates (subject to hydrolysis) is 1. The molecule has 1 aliphatic rings. The van der Waals surface area contributed by atoms with E-state index >= 15 is 0 Å². The second kappa shape index (κ2) is 9.12. The molecule has 1 fully saturated rings. The molecule has 1 N–H and O–H groups in total. The molecule has 6 nitrogen and oxygen atoms in total. The van der Waals surface area contributed by atoms with Crippen LogP contribution in [-0.4, -0.2) is 48.2 Å². The number of hydrogen-bond donors (Lipinski definition) is 1. The van der Waals surface area contributed by atoms with E-state index in [-0.39, 0.29) is 18.6 Å². The molecule has 1 heterocycles. The summed E-state index contributed by atoms with van der Waals surface area (Å²) in [7, 11) is 0. The number of nitrogens with one attached hydrogen (secondary N) is 1. The highest BCUT2D eigenvalue weighted by Gasteiger charge is 2.28. The number of piperidine rings is 1. The summed E-state index contributed by atoms with van der Waals surface area (Å²) in [6.45, 7) is 6.46. The molecule has 2 amide bonds. The Bertz CT molecular complexity index is 613. The van der Waals surface area contributed by atoms with Gasteiger partial charge in [-0.15, -0.1) is 0 Å². The van der Waals surface area contributed by atoms with Crippen molar-refractivity contribution in [3.63, 3.8) is 0 Å². The van der Waals surface area contributed by atoms with Crippen LogP contribution in [0.4, 0.5) is 4.79 Å². The van der Waals surface area contributed by atoms with E-state index in [2.05, 4.69) is 5.32 Å². The summed E-state index contributed by atoms with van der Waals surface area (Å²) in [6, 6.07) is 6.85. The quantitative estimate of drug-likeness (QED) is 0.844. The summed E-state index contributed by atoms with van der Waals surface area (Å²) >= 11 is 5.84. The first-order valence-corrected chi connectivity index (χ1v) is 9.27. The fourth-order valence-corrected chi connectivity index (χ4v) is 2.94. The molecule has 1 atom stereocenters. The van der Waals surface area contributed by atoms with Gasteiger partial charge in [0, 0.05) is 24.2 Å². The van der Waals surface area contributed by atoms with Gasteiger partial charge in [0.1, 0.15) is 11.4 Å². The minimum Gasteiger partial charge on any atom is -0.484 e. The molecule has 1 unspecified atom stereocenters. The monoisotopic (exact) mass is 382 g/mol. The smallest absolute Gasteiger partial charge is 0.407 e. The van der Waals surface area contributed by atoms with E-state index in [0.29, 0.717) is 23.9 Å². The second-order valence-electron chi connectivity index (χ2n) is 7.36. The van der Waals surface area contributed by atoms with Crippen LogP contribution < -0.4 is 10.1 Å². The first-order valence-electron chi connectivity index (χ1n) is 8.89. The van der Waals surface area contributed by atoms with Gasteiger partial charge in [-0.2, -0.15) is 0 Å². The number of amides is 2. The van der Waals surface area contributed by atoms with Gasteiger partial charge in [0.05, 0.1) is 0 Å². The predicted molar refractivity (Wildman–Crippen MR) is 101 cm³/mol. The van der Waals surface area contributed by atoms with Crippen LogP contribution in [0.2, 0.25) is 5.02 Å². The first-order chi connectivity index (χ1) is 12.2. The fourth-order valence-electron chi connectivity index (χ4n) is 2.82. The fraction of sp³-hybridized carbons (Fsp3) is 0.579. The van der Waals surface area contributed by atoms with Gasteiger partial charge < -0.3 is 19.7 Å². The molecule has 0 spiro atoms. The topological polar surface area (TPSA) is 67.9 Å². The summed E-state index contributed by atoms with van der Waals surface area (Å²) < 4.78 is 10.8. The molecule has 1 aromatic rings. The molecule has 26 heavy (non-hydrogen) atoms. The number of carbonyl (C=O) groups is 2. The summed E-state index contributed by atoms with van der Waals surface area (Å²) in [6.07, 6.45) is 2.37. The lowest BCUT2D eigenvalue weighted by molar-refractivity contribution is -0.137. The van der Waals surface area contributed by atoms with E-state index in [0.717, 1.165) is 19.3 Å². The summed E-state index contributed by atoms with van der Waals surface area (Å²) in [4.78, 5) is 26.2. The zero-order valence-electron chi connectivity index (χ0n) is 15.6. The van der Waals surface area contributed by atoms with Gasteiger partial charge in [-0.05, 0) is 64.3 Å². The third-order valence-electron chi connectivity index (χ3n) is 4.00. The van der Waals surface area contributed by atoms with Gasteiger partial charge in [0.25, 0.3) is 5.91 Å². The molecule has 0 aromatic heterocycles. The van der Waals surface area contributed by atoms with Crippen LogP contribution >= 0.6 is 11.6 Å². The van der Waals surface area contributed by atoms with E-state index in [4.69, 9.17) is 21.1 Å². The van der Waals surface area contributed by atoms with Crippen LogP contribution in [0.15, 0.2) is 24.3 Å². The van der Waals surface area contributed by atoms with Gasteiger partial charge in [-0.25, -0.2) is 4.79 Å². The SMILES string of the molecule is CC(C)(C)OC(=O)NCC1CCCCN1C(=O)COc1ccc(Cl)cc1. The highest BCUT2D eigenvalue weighted by Crippen LogP contribution is 2.19. The van der Waals surface area contributed by atoms with Crippen molar-refractivity contribution >= 4 is 23.6 Å². The predicted octanol–water partition coefficient (Wildman–Crippen LogP) is 3.62. The number of halogens is 1. The lowest BCUT2D eigenvalue weighted by Crippen LogP contribution is -2.51. The van der Waals surface area contributed by atoms with Gasteiger partial charge in [0.15, 0.2) is 6.61 Å². The summed E-state index contributed by atoms with van der Waals surface area (Å²) in [5, 5.41) is 3.38. The van der Waals surface area contributed by atoms with Crippen LogP contribution in [0.25, 0.3) is 0 Å². The Kier molecular flexibility index (Phi) is 7.14. The number of carbonyl (C=O) groups excluding carboxylic acids is 2.